The molecule has 28 heavy (non-hydrogen) atoms. The van der Waals surface area contributed by atoms with Crippen LogP contribution in [0.2, 0.25) is 0 Å². The second-order valence-corrected chi connectivity index (χ2v) is 8.53. The van der Waals surface area contributed by atoms with Crippen molar-refractivity contribution in [2.45, 2.75) is 71.2 Å². The van der Waals surface area contributed by atoms with Gasteiger partial charge in [-0.2, -0.15) is 0 Å². The normalized spacial score (nSPS) is 19.6. The largest absolute Gasteiger partial charge is 0.467 e. The molecule has 1 unspecified atom stereocenters. The van der Waals surface area contributed by atoms with Gasteiger partial charge in [-0.3, -0.25) is 9.69 Å². The maximum Gasteiger partial charge on any atom is 0.411 e. The fraction of sp³-hybridized carbons (Fsp3) is 0.778. The molecule has 1 fully saturated rings. The average Bonchev–Trinajstić information content (AvgIpc) is 2.93. The summed E-state index contributed by atoms with van der Waals surface area (Å²) >= 11 is 0. The van der Waals surface area contributed by atoms with Crippen LogP contribution in [0.4, 0.5) is 9.59 Å². The quantitative estimate of drug-likeness (QED) is 0.535. The second-order valence-electron chi connectivity index (χ2n) is 8.53. The first kappa shape index (κ1) is 23.5. The van der Waals surface area contributed by atoms with Gasteiger partial charge in [-0.25, -0.2) is 14.4 Å². The van der Waals surface area contributed by atoms with Gasteiger partial charge in [-0.1, -0.05) is 0 Å². The van der Waals surface area contributed by atoms with Gasteiger partial charge in [0.05, 0.1) is 7.11 Å². The standard InChI is InChI=1S/C18H31N3O7/c1-17(2,3)27-15(24)19-9-13(22)20-11-8-12(14(23)26-7)21(10-11)16(25)28-18(4,5)6/h11-12H,8-10H2,1-7H3,(H,19,24)(H,20,22)/t11?,12-/m0/s1. The molecule has 0 aromatic rings. The molecule has 0 radical (unpaired) electrons. The van der Waals surface area contributed by atoms with Gasteiger partial charge >= 0.3 is 18.2 Å². The molecular weight excluding hydrogens is 370 g/mol. The maximum atomic E-state index is 12.4. The Kier molecular flexibility index (Phi) is 7.66. The average molecular weight is 401 g/mol. The van der Waals surface area contributed by atoms with Crippen LogP contribution in [0.25, 0.3) is 0 Å². The summed E-state index contributed by atoms with van der Waals surface area (Å²) in [7, 11) is 1.23. The lowest BCUT2D eigenvalue weighted by atomic mass is 10.1. The monoisotopic (exact) mass is 401 g/mol. The van der Waals surface area contributed by atoms with Crippen molar-refractivity contribution < 1.29 is 33.4 Å². The minimum absolute atomic E-state index is 0.0901. The maximum absolute atomic E-state index is 12.4. The molecule has 2 N–H and O–H groups in total. The number of carbonyl (C=O) groups excluding carboxylic acids is 4. The predicted octanol–water partition coefficient (Wildman–Crippen LogP) is 1.18. The Morgan fingerprint density at radius 2 is 1.57 bits per heavy atom. The van der Waals surface area contributed by atoms with Crippen LogP contribution in [-0.4, -0.2) is 72.4 Å². The Bertz CT molecular complexity index is 607. The summed E-state index contributed by atoms with van der Waals surface area (Å²) in [6.45, 7) is 10.1. The summed E-state index contributed by atoms with van der Waals surface area (Å²) in [6, 6.07) is -1.34. The van der Waals surface area contributed by atoms with E-state index in [4.69, 9.17) is 14.2 Å². The van der Waals surface area contributed by atoms with Crippen LogP contribution in [0.5, 0.6) is 0 Å². The number of methoxy groups -OCH3 is 1. The lowest BCUT2D eigenvalue weighted by Gasteiger charge is -2.27. The van der Waals surface area contributed by atoms with Gasteiger partial charge < -0.3 is 24.8 Å². The van der Waals surface area contributed by atoms with E-state index in [2.05, 4.69) is 10.6 Å². The fourth-order valence-electron chi connectivity index (χ4n) is 2.57. The lowest BCUT2D eigenvalue weighted by molar-refractivity contribution is -0.145. The van der Waals surface area contributed by atoms with Gasteiger partial charge in [0, 0.05) is 19.0 Å². The van der Waals surface area contributed by atoms with E-state index in [0.717, 1.165) is 0 Å². The van der Waals surface area contributed by atoms with E-state index >= 15 is 0 Å². The lowest BCUT2D eigenvalue weighted by Crippen LogP contribution is -2.45. The zero-order chi connectivity index (χ0) is 21.7. The molecule has 2 atom stereocenters. The van der Waals surface area contributed by atoms with Crippen LogP contribution in [-0.2, 0) is 23.8 Å². The third kappa shape index (κ3) is 8.01. The number of esters is 1. The van der Waals surface area contributed by atoms with Crippen LogP contribution >= 0.6 is 0 Å². The summed E-state index contributed by atoms with van der Waals surface area (Å²) in [6.07, 6.45) is -1.19. The first-order chi connectivity index (χ1) is 12.7. The van der Waals surface area contributed by atoms with Crippen LogP contribution in [0.15, 0.2) is 0 Å². The minimum atomic E-state index is -0.857. The van der Waals surface area contributed by atoms with Crippen molar-refractivity contribution >= 4 is 24.1 Å². The highest BCUT2D eigenvalue weighted by Gasteiger charge is 2.42. The molecule has 1 heterocycles. The molecule has 10 heteroatoms. The topological polar surface area (TPSA) is 123 Å². The first-order valence-electron chi connectivity index (χ1n) is 9.05. The summed E-state index contributed by atoms with van der Waals surface area (Å²) in [4.78, 5) is 49.3. The fourth-order valence-corrected chi connectivity index (χ4v) is 2.57. The third-order valence-electron chi connectivity index (χ3n) is 3.56. The SMILES string of the molecule is COC(=O)[C@@H]1CC(NC(=O)CNC(=O)OC(C)(C)C)CN1C(=O)OC(C)(C)C. The number of amides is 3. The molecule has 1 aliphatic rings. The van der Waals surface area contributed by atoms with Crippen molar-refractivity contribution in [3.8, 4) is 0 Å². The number of likely N-dealkylation sites (tertiary alicyclic amines) is 1. The van der Waals surface area contributed by atoms with E-state index < -0.39 is 47.3 Å². The highest BCUT2D eigenvalue weighted by Crippen LogP contribution is 2.22. The van der Waals surface area contributed by atoms with Crippen LogP contribution in [0.1, 0.15) is 48.0 Å². The Morgan fingerprint density at radius 3 is 2.07 bits per heavy atom. The molecule has 1 rings (SSSR count). The minimum Gasteiger partial charge on any atom is -0.467 e. The molecule has 3 amide bonds. The molecule has 1 saturated heterocycles. The van der Waals surface area contributed by atoms with E-state index in [1.165, 1.54) is 12.0 Å². The summed E-state index contributed by atoms with van der Waals surface area (Å²) in [5.74, 6) is -1.06. The highest BCUT2D eigenvalue weighted by molar-refractivity contribution is 5.84. The summed E-state index contributed by atoms with van der Waals surface area (Å²) in [5, 5.41) is 5.04. The van der Waals surface area contributed by atoms with E-state index in [1.807, 2.05) is 0 Å². The zero-order valence-corrected chi connectivity index (χ0v) is 17.6. The number of nitrogens with zero attached hydrogens (tertiary/aromatic N) is 1. The van der Waals surface area contributed by atoms with Gasteiger partial charge in [-0.05, 0) is 41.5 Å². The molecule has 160 valence electrons. The smallest absolute Gasteiger partial charge is 0.411 e. The number of ether oxygens (including phenoxy) is 3. The number of nitrogens with one attached hydrogen (secondary N) is 2. The van der Waals surface area contributed by atoms with E-state index in [-0.39, 0.29) is 19.5 Å². The van der Waals surface area contributed by atoms with Gasteiger partial charge in [-0.15, -0.1) is 0 Å². The van der Waals surface area contributed by atoms with E-state index in [0.29, 0.717) is 0 Å². The number of hydrogen-bond acceptors (Lipinski definition) is 7. The summed E-state index contributed by atoms with van der Waals surface area (Å²) in [5.41, 5.74) is -1.40. The van der Waals surface area contributed by atoms with Crippen molar-refractivity contribution in [3.05, 3.63) is 0 Å². The van der Waals surface area contributed by atoms with Crippen LogP contribution < -0.4 is 10.6 Å². The van der Waals surface area contributed by atoms with Crippen LogP contribution in [0, 0.1) is 0 Å². The van der Waals surface area contributed by atoms with Crippen molar-refractivity contribution in [1.29, 1.82) is 0 Å². The molecule has 0 aromatic heterocycles. The molecule has 1 aliphatic heterocycles. The first-order valence-corrected chi connectivity index (χ1v) is 9.05. The van der Waals surface area contributed by atoms with Crippen molar-refractivity contribution in [2.24, 2.45) is 0 Å². The Hall–Kier alpha value is -2.52. The third-order valence-corrected chi connectivity index (χ3v) is 3.56. The number of alkyl carbamates (subject to hydrolysis) is 1. The predicted molar refractivity (Wildman–Crippen MR) is 99.5 cm³/mol. The number of rotatable bonds is 4. The van der Waals surface area contributed by atoms with Crippen molar-refractivity contribution in [1.82, 2.24) is 15.5 Å². The highest BCUT2D eigenvalue weighted by atomic mass is 16.6. The molecule has 0 bridgehead atoms. The molecule has 0 aromatic carbocycles. The number of hydrogen-bond donors (Lipinski definition) is 2. The van der Waals surface area contributed by atoms with Gasteiger partial charge in [0.2, 0.25) is 5.91 Å². The number of carbonyl (C=O) groups is 4. The summed E-state index contributed by atoms with van der Waals surface area (Å²) < 4.78 is 15.1. The Labute approximate surface area is 165 Å². The van der Waals surface area contributed by atoms with Crippen molar-refractivity contribution in [2.75, 3.05) is 20.2 Å². The second kappa shape index (κ2) is 9.11. The molecular formula is C18H31N3O7. The van der Waals surface area contributed by atoms with Crippen LogP contribution in [0.3, 0.4) is 0 Å². The van der Waals surface area contributed by atoms with Gasteiger partial charge in [0.25, 0.3) is 0 Å². The van der Waals surface area contributed by atoms with E-state index in [1.54, 1.807) is 41.5 Å². The molecule has 10 nitrogen and oxygen atoms in total. The Morgan fingerprint density at radius 1 is 1.00 bits per heavy atom. The van der Waals surface area contributed by atoms with Gasteiger partial charge in [0.1, 0.15) is 23.8 Å². The van der Waals surface area contributed by atoms with Gasteiger partial charge in [0.15, 0.2) is 0 Å². The zero-order valence-electron chi connectivity index (χ0n) is 17.6. The van der Waals surface area contributed by atoms with Crippen molar-refractivity contribution in [3.63, 3.8) is 0 Å². The Balaban J connectivity index is 2.64. The molecule has 0 aliphatic carbocycles. The molecule has 0 saturated carbocycles. The molecule has 0 spiro atoms. The van der Waals surface area contributed by atoms with E-state index in [9.17, 15) is 19.2 Å².